The number of carbonyl (C=O) groups excluding carboxylic acids is 8. The number of rotatable bonds is 52. The lowest BCUT2D eigenvalue weighted by molar-refractivity contribution is -0.149. The molecule has 0 bridgehead atoms. The van der Waals surface area contributed by atoms with Crippen LogP contribution in [0.2, 0.25) is 0 Å². The molecule has 12 aromatic rings. The van der Waals surface area contributed by atoms with Crippen molar-refractivity contribution >= 4 is 93.6 Å². The van der Waals surface area contributed by atoms with Gasteiger partial charge in [0, 0.05) is 74.6 Å². The summed E-state index contributed by atoms with van der Waals surface area (Å²) in [5.74, 6) is -0.299. The van der Waals surface area contributed by atoms with Gasteiger partial charge in [-0.25, -0.2) is 19.2 Å². The van der Waals surface area contributed by atoms with Crippen molar-refractivity contribution in [2.24, 2.45) is 23.7 Å². The summed E-state index contributed by atoms with van der Waals surface area (Å²) in [6.07, 6.45) is 17.7. The monoisotopic (exact) mass is 1980 g/mol. The number of amides is 4. The van der Waals surface area contributed by atoms with E-state index in [0.29, 0.717) is 51.4 Å². The highest BCUT2D eigenvalue weighted by Gasteiger charge is 2.28. The average molecular weight is 1980 g/mol. The fraction of sp³-hybridized carbons (Fsp3) is 0.393. The summed E-state index contributed by atoms with van der Waals surface area (Å²) in [5.41, 5.74) is 16.2. The molecule has 4 amide bonds. The van der Waals surface area contributed by atoms with Crippen LogP contribution in [0.1, 0.15) is 196 Å². The Morgan fingerprint density at radius 3 is 0.550 bits per heavy atom. The second-order valence-corrected chi connectivity index (χ2v) is 39.7. The van der Waals surface area contributed by atoms with Crippen molar-refractivity contribution in [2.45, 2.75) is 259 Å². The van der Waals surface area contributed by atoms with Gasteiger partial charge in [-0.1, -0.05) is 243 Å². The maximum atomic E-state index is 12.6. The predicted octanol–water partition coefficient (Wildman–Crippen LogP) is 23.8. The molecule has 8 aromatic carbocycles. The highest BCUT2D eigenvalue weighted by molar-refractivity contribution is 7.10. The van der Waals surface area contributed by atoms with Crippen LogP contribution in [0.15, 0.2) is 289 Å². The molecule has 0 aliphatic rings. The predicted molar refractivity (Wildman–Crippen MR) is 552 cm³/mol. The molecule has 0 fully saturated rings. The zero-order valence-corrected chi connectivity index (χ0v) is 84.8. The van der Waals surface area contributed by atoms with Gasteiger partial charge in [-0.05, 0) is 226 Å². The highest BCUT2D eigenvalue weighted by Crippen LogP contribution is 2.28. The molecule has 0 radical (unpaired) electrons. The lowest BCUT2D eigenvalue weighted by atomic mass is 9.89. The number of carbonyl (C=O) groups is 8. The van der Waals surface area contributed by atoms with E-state index >= 15 is 0 Å². The van der Waals surface area contributed by atoms with Crippen LogP contribution >= 0.6 is 45.3 Å². The Kier molecular flexibility index (Phi) is 51.1. The van der Waals surface area contributed by atoms with Crippen LogP contribution in [0.4, 0.5) is 19.2 Å². The largest absolute Gasteiger partial charge is 0.463 e. The van der Waals surface area contributed by atoms with E-state index < -0.39 is 24.4 Å². The molecule has 744 valence electrons. The molecule has 0 unspecified atom stereocenters. The molecule has 28 heteroatoms. The summed E-state index contributed by atoms with van der Waals surface area (Å²) in [6, 6.07) is 80.5. The fourth-order valence-electron chi connectivity index (χ4n) is 16.0. The van der Waals surface area contributed by atoms with Crippen LogP contribution in [0.3, 0.4) is 0 Å². The molecule has 12 rings (SSSR count). The van der Waals surface area contributed by atoms with Crippen molar-refractivity contribution in [3.05, 3.63) is 354 Å². The van der Waals surface area contributed by atoms with Crippen molar-refractivity contribution in [3.63, 3.8) is 0 Å². The first-order valence-corrected chi connectivity index (χ1v) is 51.7. The molecular weight excluding hydrogens is 1840 g/mol. The number of benzene rings is 8. The first-order chi connectivity index (χ1) is 67.9. The van der Waals surface area contributed by atoms with Crippen LogP contribution < -0.4 is 21.3 Å². The first-order valence-electron chi connectivity index (χ1n) is 48.2. The minimum absolute atomic E-state index is 0.108. The molecule has 0 aliphatic heterocycles. The first kappa shape index (κ1) is 111. The summed E-state index contributed by atoms with van der Waals surface area (Å²) < 4.78 is 43.3. The lowest BCUT2D eigenvalue weighted by Gasteiger charge is -2.23. The maximum absolute atomic E-state index is 12.6. The lowest BCUT2D eigenvalue weighted by Crippen LogP contribution is -2.37. The van der Waals surface area contributed by atoms with Crippen LogP contribution in [0, 0.1) is 23.7 Å². The normalized spacial score (nSPS) is 12.7. The Morgan fingerprint density at radius 2 is 0.400 bits per heavy atom. The number of alkyl carbamates (subject to hydrolysis) is 4. The van der Waals surface area contributed by atoms with Gasteiger partial charge in [-0.2, -0.15) is 0 Å². The van der Waals surface area contributed by atoms with Crippen molar-refractivity contribution in [3.8, 4) is 0 Å². The van der Waals surface area contributed by atoms with Crippen LogP contribution in [0.25, 0.3) is 0 Å². The van der Waals surface area contributed by atoms with Crippen molar-refractivity contribution in [2.75, 3.05) is 0 Å². The van der Waals surface area contributed by atoms with E-state index in [0.717, 1.165) is 119 Å². The molecule has 4 aromatic heterocycles. The number of aromatic nitrogens is 4. The van der Waals surface area contributed by atoms with E-state index in [1.807, 2.05) is 201 Å². The number of hydrogen-bond donors (Lipinski definition) is 4. The quantitative estimate of drug-likeness (QED) is 0.0203. The van der Waals surface area contributed by atoms with Gasteiger partial charge in [-0.15, -0.1) is 45.3 Å². The van der Waals surface area contributed by atoms with Gasteiger partial charge in [0.25, 0.3) is 0 Å². The molecule has 0 spiro atoms. The zero-order valence-electron chi connectivity index (χ0n) is 81.6. The van der Waals surface area contributed by atoms with Crippen LogP contribution in [-0.2, 0) is 135 Å². The van der Waals surface area contributed by atoms with Crippen LogP contribution in [-0.4, -0.2) is 117 Å². The Morgan fingerprint density at radius 1 is 0.236 bits per heavy atom. The summed E-state index contributed by atoms with van der Waals surface area (Å²) in [4.78, 5) is 120. The van der Waals surface area contributed by atoms with Crippen molar-refractivity contribution in [1.29, 1.82) is 0 Å². The van der Waals surface area contributed by atoms with Gasteiger partial charge < -0.3 is 59.2 Å². The molecule has 0 aliphatic carbocycles. The molecular formula is C112H136N8O16S4. The maximum Gasteiger partial charge on any atom is 0.407 e. The molecule has 140 heavy (non-hydrogen) atoms. The number of esters is 4. The average Bonchev–Trinajstić information content (AvgIpc) is 1.29. The minimum Gasteiger partial charge on any atom is -0.463 e. The van der Waals surface area contributed by atoms with Gasteiger partial charge in [0.2, 0.25) is 0 Å². The van der Waals surface area contributed by atoms with Gasteiger partial charge in [0.05, 0.1) is 66.0 Å². The number of nitrogens with zero attached hydrogens (tertiary/aromatic N) is 4. The van der Waals surface area contributed by atoms with Crippen LogP contribution in [0.5, 0.6) is 0 Å². The third-order valence-electron chi connectivity index (χ3n) is 22.4. The third kappa shape index (κ3) is 48.7. The third-order valence-corrected chi connectivity index (χ3v) is 25.4. The molecule has 24 nitrogen and oxygen atoms in total. The second-order valence-electron chi connectivity index (χ2n) is 35.8. The van der Waals surface area contributed by atoms with E-state index in [1.165, 1.54) is 67.6 Å². The fourth-order valence-corrected chi connectivity index (χ4v) is 18.0. The Hall–Kier alpha value is -12.8. The van der Waals surface area contributed by atoms with Gasteiger partial charge >= 0.3 is 48.3 Å². The van der Waals surface area contributed by atoms with E-state index in [9.17, 15) is 38.4 Å². The van der Waals surface area contributed by atoms with Crippen molar-refractivity contribution in [1.82, 2.24) is 41.2 Å². The van der Waals surface area contributed by atoms with Crippen molar-refractivity contribution < 1.29 is 76.3 Å². The standard InChI is InChI=1S/4C28H34N2O4S/c4*1-21(2)34-27(31)17-24(15-22-9-5-3-6-10-22)13-14-25(16-23-11-7-4-8-12-23)30-28(32)33-19-26-18-29-20-35-26/h4*3-12,18,20-21,24-25H,13-17,19H2,1-2H3,(H,30,32)/t2*24-,25+;2*24-,25-/m1010/s1. The summed E-state index contributed by atoms with van der Waals surface area (Å²) in [7, 11) is 0. The highest BCUT2D eigenvalue weighted by atomic mass is 32.1. The number of nitrogens with one attached hydrogen (secondary N) is 4. The zero-order chi connectivity index (χ0) is 99.5. The Bertz CT molecular complexity index is 4710. The second kappa shape index (κ2) is 64.5. The summed E-state index contributed by atoms with van der Waals surface area (Å²) in [5, 5.41) is 12.2. The molecule has 8 atom stereocenters. The van der Waals surface area contributed by atoms with E-state index in [1.54, 1.807) is 46.8 Å². The number of thiazole rings is 4. The SMILES string of the molecule is CC(C)OC(=O)C[C@@H](CC[C@@H](Cc1ccccc1)NC(=O)OCc1cncs1)Cc1ccccc1.CC(C)OC(=O)C[C@@H](CC[C@H](Cc1ccccc1)NC(=O)OCc1cncs1)Cc1ccccc1.CC(C)OC(=O)C[C@H](CC[C@@H](Cc1ccccc1)NC(=O)OCc1cncs1)Cc1ccccc1.CC(C)OC(=O)C[C@H](CC[C@H](Cc1ccccc1)NC(=O)OCc1cncs1)Cc1ccccc1. The number of ether oxygens (including phenoxy) is 8. The molecule has 4 N–H and O–H groups in total. The topological polar surface area (TPSA) is 310 Å². The van der Waals surface area contributed by atoms with Gasteiger partial charge in [0.15, 0.2) is 0 Å². The van der Waals surface area contributed by atoms with Gasteiger partial charge in [0.1, 0.15) is 26.4 Å². The summed E-state index contributed by atoms with van der Waals surface area (Å²) in [6.45, 7) is 15.7. The van der Waals surface area contributed by atoms with E-state index in [2.05, 4.69) is 138 Å². The summed E-state index contributed by atoms with van der Waals surface area (Å²) >= 11 is 5.81. The van der Waals surface area contributed by atoms with E-state index in [4.69, 9.17) is 37.9 Å². The Labute approximate surface area is 841 Å². The molecule has 0 saturated carbocycles. The Balaban J connectivity index is 0.000000209. The molecule has 0 saturated heterocycles. The van der Waals surface area contributed by atoms with Gasteiger partial charge in [-0.3, -0.25) is 39.1 Å². The number of hydrogen-bond acceptors (Lipinski definition) is 24. The minimum atomic E-state index is -0.446. The molecule has 4 heterocycles. The van der Waals surface area contributed by atoms with E-state index in [-0.39, 0.29) is 123 Å². The smallest absolute Gasteiger partial charge is 0.407 e.